The summed E-state index contributed by atoms with van der Waals surface area (Å²) in [5.74, 6) is -0.705. The lowest BCUT2D eigenvalue weighted by molar-refractivity contribution is -0.123. The maximum Gasteiger partial charge on any atom is 0.293 e. The Morgan fingerprint density at radius 3 is 2.10 bits per heavy atom. The van der Waals surface area contributed by atoms with Crippen LogP contribution in [0.25, 0.3) is 27.9 Å². The Morgan fingerprint density at radius 1 is 0.867 bits per heavy atom. The summed E-state index contributed by atoms with van der Waals surface area (Å²) < 4.78 is 13.1. The summed E-state index contributed by atoms with van der Waals surface area (Å²) in [6.07, 6.45) is 1.78. The summed E-state index contributed by atoms with van der Waals surface area (Å²) in [5, 5.41) is 1.50. The molecule has 6 heteroatoms. The molecule has 1 fully saturated rings. The Bertz CT molecular complexity index is 1290. The zero-order chi connectivity index (χ0) is 20.7. The second-order valence-corrected chi connectivity index (χ2v) is 7.95. The normalized spacial score (nSPS) is 15.6. The second kappa shape index (κ2) is 7.39. The fraction of sp³-hybridized carbons (Fsp3) is 0.0417. The second-order valence-electron chi connectivity index (χ2n) is 6.95. The Balaban J connectivity index is 1.58. The van der Waals surface area contributed by atoms with E-state index < -0.39 is 0 Å². The molecule has 2 amide bonds. The van der Waals surface area contributed by atoms with Crippen LogP contribution in [-0.2, 0) is 11.3 Å². The van der Waals surface area contributed by atoms with Gasteiger partial charge in [-0.3, -0.25) is 14.5 Å². The van der Waals surface area contributed by atoms with E-state index in [1.807, 2.05) is 48.5 Å². The molecule has 146 valence electrons. The number of para-hydroxylation sites is 2. The molecule has 4 nitrogen and oxygen atoms in total. The Labute approximate surface area is 176 Å². The number of carbonyl (C=O) groups excluding carboxylic acids is 2. The maximum atomic E-state index is 13.1. The standard InChI is InChI=1S/C24H15FN2O2S/c25-16-11-9-15(10-12-16)14-27-23(28)22(30-24(27)29)13-19-17-5-1-3-7-20(17)26-21-8-4-2-6-18(19)21/h1-13H,14H2/b22-13+. The predicted molar refractivity (Wildman–Crippen MR) is 117 cm³/mol. The van der Waals surface area contributed by atoms with Gasteiger partial charge in [-0.25, -0.2) is 9.37 Å². The van der Waals surface area contributed by atoms with Crippen molar-refractivity contribution in [3.63, 3.8) is 0 Å². The van der Waals surface area contributed by atoms with E-state index in [0.29, 0.717) is 10.5 Å². The molecular weight excluding hydrogens is 399 g/mol. The Hall–Kier alpha value is -3.51. The third-order valence-electron chi connectivity index (χ3n) is 5.03. The van der Waals surface area contributed by atoms with Gasteiger partial charge in [0.15, 0.2) is 0 Å². The van der Waals surface area contributed by atoms with Crippen molar-refractivity contribution in [2.45, 2.75) is 6.54 Å². The topological polar surface area (TPSA) is 50.3 Å². The molecule has 0 unspecified atom stereocenters. The van der Waals surface area contributed by atoms with Crippen LogP contribution in [0.15, 0.2) is 77.7 Å². The fourth-order valence-corrected chi connectivity index (χ4v) is 4.39. The van der Waals surface area contributed by atoms with Crippen LogP contribution < -0.4 is 0 Å². The third kappa shape index (κ3) is 3.25. The molecule has 0 spiro atoms. The number of amides is 2. The van der Waals surface area contributed by atoms with Gasteiger partial charge >= 0.3 is 0 Å². The first-order valence-corrected chi connectivity index (χ1v) is 10.2. The lowest BCUT2D eigenvalue weighted by Gasteiger charge is -2.12. The number of fused-ring (bicyclic) bond motifs is 2. The number of carbonyl (C=O) groups is 2. The van der Waals surface area contributed by atoms with Crippen molar-refractivity contribution in [2.24, 2.45) is 0 Å². The summed E-state index contributed by atoms with van der Waals surface area (Å²) in [5.41, 5.74) is 3.21. The van der Waals surface area contributed by atoms with Gasteiger partial charge in [0.1, 0.15) is 5.82 Å². The molecule has 0 atom stereocenters. The number of benzene rings is 3. The summed E-state index contributed by atoms with van der Waals surface area (Å²) in [6.45, 7) is 0.111. The summed E-state index contributed by atoms with van der Waals surface area (Å²) >= 11 is 0.920. The van der Waals surface area contributed by atoms with Gasteiger partial charge in [-0.1, -0.05) is 48.5 Å². The fourth-order valence-electron chi connectivity index (χ4n) is 3.57. The molecule has 0 N–H and O–H groups in total. The van der Waals surface area contributed by atoms with Crippen LogP contribution in [0.1, 0.15) is 11.1 Å². The average molecular weight is 414 g/mol. The molecule has 1 aromatic heterocycles. The van der Waals surface area contributed by atoms with Crippen LogP contribution in [0.5, 0.6) is 0 Å². The lowest BCUT2D eigenvalue weighted by atomic mass is 10.0. The maximum absolute atomic E-state index is 13.1. The van der Waals surface area contributed by atoms with E-state index >= 15 is 0 Å². The van der Waals surface area contributed by atoms with E-state index in [-0.39, 0.29) is 23.5 Å². The number of hydrogen-bond donors (Lipinski definition) is 0. The Kier molecular flexibility index (Phi) is 4.56. The highest BCUT2D eigenvalue weighted by atomic mass is 32.2. The number of hydrogen-bond acceptors (Lipinski definition) is 4. The first-order valence-electron chi connectivity index (χ1n) is 9.37. The number of nitrogens with zero attached hydrogens (tertiary/aromatic N) is 2. The van der Waals surface area contributed by atoms with Gasteiger partial charge < -0.3 is 0 Å². The number of imide groups is 1. The van der Waals surface area contributed by atoms with Crippen LogP contribution in [0.2, 0.25) is 0 Å². The number of rotatable bonds is 3. The van der Waals surface area contributed by atoms with E-state index in [1.54, 1.807) is 18.2 Å². The molecule has 3 aromatic carbocycles. The highest BCUT2D eigenvalue weighted by molar-refractivity contribution is 8.18. The minimum Gasteiger partial charge on any atom is -0.268 e. The molecule has 30 heavy (non-hydrogen) atoms. The predicted octanol–water partition coefficient (Wildman–Crippen LogP) is 5.76. The molecule has 4 aromatic rings. The van der Waals surface area contributed by atoms with Gasteiger partial charge in [0.05, 0.1) is 22.5 Å². The SMILES string of the molecule is O=C1S/C(=C/c2c3ccccc3nc3ccccc23)C(=O)N1Cc1ccc(F)cc1. The van der Waals surface area contributed by atoms with Crippen LogP contribution in [0.3, 0.4) is 0 Å². The summed E-state index contributed by atoms with van der Waals surface area (Å²) in [4.78, 5) is 31.8. The highest BCUT2D eigenvalue weighted by Crippen LogP contribution is 2.36. The average Bonchev–Trinajstić information content (AvgIpc) is 3.02. The molecular formula is C24H15FN2O2S. The van der Waals surface area contributed by atoms with E-state index in [4.69, 9.17) is 4.98 Å². The first-order chi connectivity index (χ1) is 14.6. The minimum atomic E-state index is -0.357. The molecule has 5 rings (SSSR count). The monoisotopic (exact) mass is 414 g/mol. The summed E-state index contributed by atoms with van der Waals surface area (Å²) in [7, 11) is 0. The van der Waals surface area contributed by atoms with Gasteiger partial charge in [-0.2, -0.15) is 0 Å². The molecule has 0 bridgehead atoms. The van der Waals surface area contributed by atoms with Crippen molar-refractivity contribution in [3.05, 3.63) is 94.6 Å². The largest absolute Gasteiger partial charge is 0.293 e. The molecule has 0 saturated carbocycles. The number of pyridine rings is 1. The number of thioether (sulfide) groups is 1. The first kappa shape index (κ1) is 18.5. The molecule has 0 aliphatic carbocycles. The molecule has 1 aliphatic rings. The van der Waals surface area contributed by atoms with Crippen LogP contribution in [-0.4, -0.2) is 21.0 Å². The summed E-state index contributed by atoms with van der Waals surface area (Å²) in [6, 6.07) is 21.3. The van der Waals surface area contributed by atoms with Gasteiger partial charge in [0.2, 0.25) is 0 Å². The smallest absolute Gasteiger partial charge is 0.268 e. The Morgan fingerprint density at radius 2 is 1.47 bits per heavy atom. The van der Waals surface area contributed by atoms with Crippen molar-refractivity contribution in [1.29, 1.82) is 0 Å². The van der Waals surface area contributed by atoms with Gasteiger partial charge in [-0.15, -0.1) is 0 Å². The highest BCUT2D eigenvalue weighted by Gasteiger charge is 2.35. The van der Waals surface area contributed by atoms with Crippen molar-refractivity contribution in [2.75, 3.05) is 0 Å². The van der Waals surface area contributed by atoms with E-state index in [0.717, 1.165) is 39.1 Å². The van der Waals surface area contributed by atoms with Crippen molar-refractivity contribution in [1.82, 2.24) is 9.88 Å². The molecule has 2 heterocycles. The molecule has 1 aliphatic heterocycles. The van der Waals surface area contributed by atoms with E-state index in [2.05, 4.69) is 0 Å². The third-order valence-corrected chi connectivity index (χ3v) is 5.94. The van der Waals surface area contributed by atoms with Crippen LogP contribution in [0.4, 0.5) is 9.18 Å². The van der Waals surface area contributed by atoms with Crippen molar-refractivity contribution < 1.29 is 14.0 Å². The van der Waals surface area contributed by atoms with Crippen molar-refractivity contribution in [3.8, 4) is 0 Å². The number of halogens is 1. The van der Waals surface area contributed by atoms with E-state index in [9.17, 15) is 14.0 Å². The zero-order valence-electron chi connectivity index (χ0n) is 15.7. The van der Waals surface area contributed by atoms with Crippen LogP contribution in [0, 0.1) is 5.82 Å². The minimum absolute atomic E-state index is 0.111. The van der Waals surface area contributed by atoms with Gasteiger partial charge in [0.25, 0.3) is 11.1 Å². The van der Waals surface area contributed by atoms with Crippen LogP contribution >= 0.6 is 11.8 Å². The molecule has 1 saturated heterocycles. The quantitative estimate of drug-likeness (QED) is 0.316. The number of aromatic nitrogens is 1. The van der Waals surface area contributed by atoms with Gasteiger partial charge in [0, 0.05) is 10.8 Å². The van der Waals surface area contributed by atoms with Gasteiger partial charge in [-0.05, 0) is 53.2 Å². The van der Waals surface area contributed by atoms with E-state index in [1.165, 1.54) is 17.0 Å². The molecule has 0 radical (unpaired) electrons. The zero-order valence-corrected chi connectivity index (χ0v) is 16.5. The van der Waals surface area contributed by atoms with Crippen molar-refractivity contribution >= 4 is 50.8 Å². The lowest BCUT2D eigenvalue weighted by Crippen LogP contribution is -2.27.